The molecule has 3 rings (SSSR count). The highest BCUT2D eigenvalue weighted by Gasteiger charge is 2.34. The molecule has 0 bridgehead atoms. The van der Waals surface area contributed by atoms with Crippen molar-refractivity contribution in [1.82, 2.24) is 14.5 Å². The van der Waals surface area contributed by atoms with Crippen molar-refractivity contribution in [3.05, 3.63) is 0 Å². The van der Waals surface area contributed by atoms with Crippen LogP contribution in [0.2, 0.25) is 0 Å². The van der Waals surface area contributed by atoms with Crippen LogP contribution in [0.4, 0.5) is 0 Å². The second kappa shape index (κ2) is 6.74. The Morgan fingerprint density at radius 2 is 1.78 bits per heavy atom. The number of carbonyl (C=O) groups excluding carboxylic acids is 2. The highest BCUT2D eigenvalue weighted by molar-refractivity contribution is 7.89. The maximum absolute atomic E-state index is 12.4. The predicted molar refractivity (Wildman–Crippen MR) is 82.1 cm³/mol. The molecule has 0 aromatic rings. The summed E-state index contributed by atoms with van der Waals surface area (Å²) in [5, 5.41) is 2.66. The lowest BCUT2D eigenvalue weighted by Crippen LogP contribution is -2.54. The third-order valence-electron chi connectivity index (χ3n) is 4.45. The summed E-state index contributed by atoms with van der Waals surface area (Å²) < 4.78 is 31.5. The third-order valence-corrected chi connectivity index (χ3v) is 6.39. The minimum Gasteiger partial charge on any atom is -0.377 e. The molecule has 0 aromatic carbocycles. The lowest BCUT2D eigenvalue weighted by Gasteiger charge is -2.34. The Bertz CT molecular complexity index is 561. The highest BCUT2D eigenvalue weighted by Crippen LogP contribution is 2.19. The molecule has 0 spiro atoms. The van der Waals surface area contributed by atoms with Crippen molar-refractivity contribution >= 4 is 21.8 Å². The maximum atomic E-state index is 12.4. The van der Waals surface area contributed by atoms with Crippen LogP contribution in [0.1, 0.15) is 25.7 Å². The molecule has 1 atom stereocenters. The van der Waals surface area contributed by atoms with Crippen LogP contribution >= 0.6 is 0 Å². The zero-order chi connectivity index (χ0) is 16.4. The molecule has 1 saturated carbocycles. The molecule has 8 nitrogen and oxygen atoms in total. The largest absolute Gasteiger partial charge is 0.377 e. The Hall–Kier alpha value is -1.19. The number of amides is 2. The van der Waals surface area contributed by atoms with E-state index in [1.54, 1.807) is 0 Å². The van der Waals surface area contributed by atoms with Crippen LogP contribution in [0.15, 0.2) is 0 Å². The van der Waals surface area contributed by atoms with E-state index in [9.17, 15) is 18.0 Å². The molecular formula is C14H23N3O5S. The van der Waals surface area contributed by atoms with Crippen LogP contribution in [0.3, 0.4) is 0 Å². The van der Waals surface area contributed by atoms with Gasteiger partial charge in [0.2, 0.25) is 10.0 Å². The molecule has 2 heterocycles. The Balaban J connectivity index is 1.48. The average Bonchev–Trinajstić information content (AvgIpc) is 3.20. The second-order valence-corrected chi connectivity index (χ2v) is 8.37. The summed E-state index contributed by atoms with van der Waals surface area (Å²) in [5.74, 6) is -1.14. The van der Waals surface area contributed by atoms with E-state index in [1.165, 1.54) is 9.21 Å². The summed E-state index contributed by atoms with van der Waals surface area (Å²) in [6.45, 7) is 1.59. The van der Waals surface area contributed by atoms with Crippen LogP contribution in [0.5, 0.6) is 0 Å². The second-order valence-electron chi connectivity index (χ2n) is 6.35. The van der Waals surface area contributed by atoms with E-state index >= 15 is 0 Å². The van der Waals surface area contributed by atoms with Gasteiger partial charge in [-0.15, -0.1) is 0 Å². The molecular weight excluding hydrogens is 322 g/mol. The summed E-state index contributed by atoms with van der Waals surface area (Å²) in [6, 6.07) is 0.138. The molecule has 1 aliphatic carbocycles. The van der Waals surface area contributed by atoms with Gasteiger partial charge in [0.15, 0.2) is 0 Å². The minimum atomic E-state index is -3.38. The Kier molecular flexibility index (Phi) is 4.88. The number of ether oxygens (including phenoxy) is 1. The maximum Gasteiger partial charge on any atom is 0.311 e. The number of nitrogens with one attached hydrogen (secondary N) is 1. The predicted octanol–water partition coefficient (Wildman–Crippen LogP) is -1.08. The number of hydrogen-bond donors (Lipinski definition) is 1. The number of carbonyl (C=O) groups is 2. The molecule has 2 aliphatic heterocycles. The molecule has 0 radical (unpaired) electrons. The van der Waals surface area contributed by atoms with Gasteiger partial charge in [0.25, 0.3) is 0 Å². The van der Waals surface area contributed by atoms with E-state index in [-0.39, 0.29) is 44.1 Å². The van der Waals surface area contributed by atoms with Crippen LogP contribution in [0, 0.1) is 0 Å². The zero-order valence-electron chi connectivity index (χ0n) is 13.1. The summed E-state index contributed by atoms with van der Waals surface area (Å²) in [7, 11) is -3.38. The van der Waals surface area contributed by atoms with E-state index < -0.39 is 21.8 Å². The van der Waals surface area contributed by atoms with Gasteiger partial charge in [-0.1, -0.05) is 0 Å². The fraction of sp³-hybridized carbons (Fsp3) is 0.857. The van der Waals surface area contributed by atoms with Gasteiger partial charge in [0.05, 0.1) is 11.9 Å². The number of hydrogen-bond acceptors (Lipinski definition) is 5. The molecule has 1 N–H and O–H groups in total. The molecule has 2 amide bonds. The van der Waals surface area contributed by atoms with Gasteiger partial charge in [0, 0.05) is 38.8 Å². The molecule has 3 aliphatic rings. The van der Waals surface area contributed by atoms with E-state index in [2.05, 4.69) is 5.32 Å². The Morgan fingerprint density at radius 1 is 1.09 bits per heavy atom. The van der Waals surface area contributed by atoms with E-state index in [0.29, 0.717) is 6.61 Å². The van der Waals surface area contributed by atoms with Crippen molar-refractivity contribution in [2.24, 2.45) is 0 Å². The first-order valence-electron chi connectivity index (χ1n) is 8.15. The SMILES string of the molecule is O=C(NC1CC1)C(=O)N1CCN(S(=O)(=O)CC2CCCO2)CC1. The van der Waals surface area contributed by atoms with Gasteiger partial charge in [-0.2, -0.15) is 4.31 Å². The highest BCUT2D eigenvalue weighted by atomic mass is 32.2. The van der Waals surface area contributed by atoms with Gasteiger partial charge >= 0.3 is 11.8 Å². The van der Waals surface area contributed by atoms with Crippen molar-refractivity contribution in [2.45, 2.75) is 37.8 Å². The number of sulfonamides is 1. The summed E-state index contributed by atoms with van der Waals surface area (Å²) >= 11 is 0. The van der Waals surface area contributed by atoms with Crippen molar-refractivity contribution < 1.29 is 22.7 Å². The van der Waals surface area contributed by atoms with Gasteiger partial charge in [-0.25, -0.2) is 8.42 Å². The number of piperazine rings is 1. The molecule has 2 saturated heterocycles. The topological polar surface area (TPSA) is 96.0 Å². The van der Waals surface area contributed by atoms with Crippen LogP contribution < -0.4 is 5.32 Å². The molecule has 3 fully saturated rings. The first-order chi connectivity index (χ1) is 11.0. The Labute approximate surface area is 136 Å². The Morgan fingerprint density at radius 3 is 2.35 bits per heavy atom. The van der Waals surface area contributed by atoms with Crippen LogP contribution in [-0.2, 0) is 24.3 Å². The lowest BCUT2D eigenvalue weighted by atomic mass is 10.3. The third kappa shape index (κ3) is 4.21. The van der Waals surface area contributed by atoms with Crippen LogP contribution in [-0.4, -0.2) is 80.1 Å². The van der Waals surface area contributed by atoms with Gasteiger partial charge < -0.3 is 15.0 Å². The standard InChI is InChI=1S/C14H23N3O5S/c18-13(15-11-3-4-11)14(19)16-5-7-17(8-6-16)23(20,21)10-12-2-1-9-22-12/h11-12H,1-10H2,(H,15,18). The fourth-order valence-electron chi connectivity index (χ4n) is 2.90. The van der Waals surface area contributed by atoms with E-state index in [0.717, 1.165) is 25.7 Å². The number of rotatable bonds is 4. The van der Waals surface area contributed by atoms with Crippen molar-refractivity contribution in [3.63, 3.8) is 0 Å². The number of nitrogens with zero attached hydrogens (tertiary/aromatic N) is 2. The lowest BCUT2D eigenvalue weighted by molar-refractivity contribution is -0.146. The zero-order valence-corrected chi connectivity index (χ0v) is 13.9. The van der Waals surface area contributed by atoms with Crippen LogP contribution in [0.25, 0.3) is 0 Å². The van der Waals surface area contributed by atoms with E-state index in [1.807, 2.05) is 0 Å². The van der Waals surface area contributed by atoms with Gasteiger partial charge in [0.1, 0.15) is 0 Å². The first kappa shape index (κ1) is 16.7. The van der Waals surface area contributed by atoms with Gasteiger partial charge in [-0.3, -0.25) is 9.59 Å². The molecule has 23 heavy (non-hydrogen) atoms. The van der Waals surface area contributed by atoms with Crippen molar-refractivity contribution in [1.29, 1.82) is 0 Å². The molecule has 9 heteroatoms. The monoisotopic (exact) mass is 345 g/mol. The first-order valence-corrected chi connectivity index (χ1v) is 9.76. The van der Waals surface area contributed by atoms with Gasteiger partial charge in [-0.05, 0) is 25.7 Å². The minimum absolute atomic E-state index is 0.00309. The quantitative estimate of drug-likeness (QED) is 0.654. The molecule has 0 aromatic heterocycles. The van der Waals surface area contributed by atoms with Crippen molar-refractivity contribution in [2.75, 3.05) is 38.5 Å². The summed E-state index contributed by atoms with van der Waals surface area (Å²) in [4.78, 5) is 25.2. The smallest absolute Gasteiger partial charge is 0.311 e. The van der Waals surface area contributed by atoms with Crippen molar-refractivity contribution in [3.8, 4) is 0 Å². The fourth-order valence-corrected chi connectivity index (χ4v) is 4.57. The molecule has 1 unspecified atom stereocenters. The summed E-state index contributed by atoms with van der Waals surface area (Å²) in [5.41, 5.74) is 0. The average molecular weight is 345 g/mol. The molecule has 130 valence electrons. The van der Waals surface area contributed by atoms with E-state index in [4.69, 9.17) is 4.74 Å². The normalized spacial score (nSPS) is 26.3. The summed E-state index contributed by atoms with van der Waals surface area (Å²) in [6.07, 6.45) is 3.31.